The molecule has 2 N–H and O–H groups in total. The van der Waals surface area contributed by atoms with Crippen molar-refractivity contribution < 1.29 is 0 Å². The normalized spacial score (nSPS) is 17.5. The Morgan fingerprint density at radius 1 is 1.27 bits per heavy atom. The predicted octanol–water partition coefficient (Wildman–Crippen LogP) is 4.50. The Kier molecular flexibility index (Phi) is 4.47. The molecule has 0 saturated carbocycles. The summed E-state index contributed by atoms with van der Waals surface area (Å²) in [5.41, 5.74) is 8.96. The van der Waals surface area contributed by atoms with Crippen LogP contribution in [0, 0.1) is 0 Å². The molecule has 0 bridgehead atoms. The first kappa shape index (κ1) is 15.5. The van der Waals surface area contributed by atoms with Crippen molar-refractivity contribution in [2.45, 2.75) is 12.5 Å². The zero-order valence-electron chi connectivity index (χ0n) is 11.5. The van der Waals surface area contributed by atoms with E-state index in [-0.39, 0.29) is 11.2 Å². The molecule has 1 atom stereocenters. The molecule has 1 aliphatic heterocycles. The van der Waals surface area contributed by atoms with Crippen molar-refractivity contribution >= 4 is 50.6 Å². The molecule has 0 radical (unpaired) electrons. The third-order valence-electron chi connectivity index (χ3n) is 3.55. The fraction of sp³-hybridized carbons (Fsp3) is 0.125. The van der Waals surface area contributed by atoms with Gasteiger partial charge in [0.05, 0.1) is 11.8 Å². The molecule has 3 nitrogen and oxygen atoms in total. The summed E-state index contributed by atoms with van der Waals surface area (Å²) >= 11 is 14.6. The van der Waals surface area contributed by atoms with Crippen molar-refractivity contribution in [3.63, 3.8) is 0 Å². The van der Waals surface area contributed by atoms with Crippen molar-refractivity contribution in [2.24, 2.45) is 10.8 Å². The summed E-state index contributed by atoms with van der Waals surface area (Å²) in [6.07, 6.45) is 0.745. The summed E-state index contributed by atoms with van der Waals surface area (Å²) in [5.74, 6) is 0. The van der Waals surface area contributed by atoms with Gasteiger partial charge in [0, 0.05) is 15.9 Å². The first-order valence-electron chi connectivity index (χ1n) is 6.72. The van der Waals surface area contributed by atoms with E-state index in [1.807, 2.05) is 48.5 Å². The van der Waals surface area contributed by atoms with Gasteiger partial charge in [0.25, 0.3) is 0 Å². The van der Waals surface area contributed by atoms with Gasteiger partial charge in [0.2, 0.25) is 0 Å². The van der Waals surface area contributed by atoms with Crippen LogP contribution in [0.25, 0.3) is 0 Å². The van der Waals surface area contributed by atoms with Crippen LogP contribution in [0.2, 0.25) is 5.02 Å². The predicted molar refractivity (Wildman–Crippen MR) is 98.1 cm³/mol. The van der Waals surface area contributed by atoms with Crippen LogP contribution >= 0.6 is 39.7 Å². The minimum Gasteiger partial charge on any atom is -0.375 e. The number of nitrogens with zero attached hydrogens (tertiary/aromatic N) is 2. The molecule has 1 aliphatic rings. The van der Waals surface area contributed by atoms with Crippen LogP contribution in [0.15, 0.2) is 58.1 Å². The molecule has 0 aromatic heterocycles. The van der Waals surface area contributed by atoms with E-state index in [1.165, 1.54) is 0 Å². The minimum absolute atomic E-state index is 0.00347. The number of nitrogens with two attached hydrogens (primary N) is 1. The molecular weight excluding hydrogens is 382 g/mol. The summed E-state index contributed by atoms with van der Waals surface area (Å²) < 4.78 is 1.02. The topological polar surface area (TPSA) is 41.6 Å². The van der Waals surface area contributed by atoms with Gasteiger partial charge < -0.3 is 5.73 Å². The van der Waals surface area contributed by atoms with Gasteiger partial charge >= 0.3 is 0 Å². The average molecular weight is 395 g/mol. The van der Waals surface area contributed by atoms with Crippen LogP contribution < -0.4 is 5.73 Å². The van der Waals surface area contributed by atoms with E-state index >= 15 is 0 Å². The molecule has 0 fully saturated rings. The Balaban J connectivity index is 1.94. The second kappa shape index (κ2) is 6.36. The van der Waals surface area contributed by atoms with E-state index in [1.54, 1.807) is 5.01 Å². The van der Waals surface area contributed by atoms with Gasteiger partial charge in [-0.15, -0.1) is 0 Å². The summed E-state index contributed by atoms with van der Waals surface area (Å²) in [6, 6.07) is 15.8. The molecule has 1 unspecified atom stereocenters. The lowest BCUT2D eigenvalue weighted by Crippen LogP contribution is -2.31. The van der Waals surface area contributed by atoms with Crippen molar-refractivity contribution in [3.05, 3.63) is 69.2 Å². The molecular formula is C16H13BrClN3S. The number of benzene rings is 2. The lowest BCUT2D eigenvalue weighted by Gasteiger charge is -2.21. The van der Waals surface area contributed by atoms with Crippen LogP contribution in [0.3, 0.4) is 0 Å². The molecule has 0 aliphatic carbocycles. The standard InChI is InChI=1S/C16H13BrClN3S/c17-12-3-1-2-11(8-12)14-9-15(21(20-14)16(19)22)10-4-6-13(18)7-5-10/h1-8,15H,9H2,(H2,19,22). The molecule has 22 heavy (non-hydrogen) atoms. The van der Waals surface area contributed by atoms with Gasteiger partial charge in [0.15, 0.2) is 5.11 Å². The second-order valence-electron chi connectivity index (χ2n) is 5.01. The smallest absolute Gasteiger partial charge is 0.187 e. The highest BCUT2D eigenvalue weighted by Crippen LogP contribution is 2.33. The SMILES string of the molecule is NC(=S)N1N=C(c2cccc(Br)c2)CC1c1ccc(Cl)cc1. The maximum absolute atomic E-state index is 5.96. The van der Waals surface area contributed by atoms with Gasteiger partial charge in [-0.3, -0.25) is 0 Å². The zero-order chi connectivity index (χ0) is 15.7. The molecule has 112 valence electrons. The number of halogens is 2. The van der Waals surface area contributed by atoms with Crippen LogP contribution in [-0.4, -0.2) is 15.8 Å². The third kappa shape index (κ3) is 3.16. The summed E-state index contributed by atoms with van der Waals surface area (Å²) in [4.78, 5) is 0. The number of hydrazone groups is 1. The lowest BCUT2D eigenvalue weighted by molar-refractivity contribution is 0.373. The molecule has 3 rings (SSSR count). The van der Waals surface area contributed by atoms with E-state index < -0.39 is 0 Å². The van der Waals surface area contributed by atoms with Crippen molar-refractivity contribution in [2.75, 3.05) is 0 Å². The molecule has 2 aromatic carbocycles. The molecule has 0 spiro atoms. The average Bonchev–Trinajstić information content (AvgIpc) is 2.93. The highest BCUT2D eigenvalue weighted by Gasteiger charge is 2.30. The van der Waals surface area contributed by atoms with Crippen LogP contribution in [0.4, 0.5) is 0 Å². The first-order chi connectivity index (χ1) is 10.5. The van der Waals surface area contributed by atoms with E-state index in [0.717, 1.165) is 27.7 Å². The number of hydrogen-bond acceptors (Lipinski definition) is 2. The Morgan fingerprint density at radius 2 is 2.00 bits per heavy atom. The van der Waals surface area contributed by atoms with Gasteiger partial charge in [-0.2, -0.15) is 5.10 Å². The van der Waals surface area contributed by atoms with Crippen LogP contribution in [0.1, 0.15) is 23.6 Å². The Bertz CT molecular complexity index is 745. The molecule has 1 heterocycles. The van der Waals surface area contributed by atoms with Gasteiger partial charge in [0.1, 0.15) is 0 Å². The van der Waals surface area contributed by atoms with Crippen molar-refractivity contribution in [3.8, 4) is 0 Å². The fourth-order valence-electron chi connectivity index (χ4n) is 2.50. The quantitative estimate of drug-likeness (QED) is 0.763. The Labute approximate surface area is 147 Å². The summed E-state index contributed by atoms with van der Waals surface area (Å²) in [5, 5.41) is 7.29. The third-order valence-corrected chi connectivity index (χ3v) is 4.48. The number of rotatable bonds is 2. The number of thiocarbonyl (C=S) groups is 1. The summed E-state index contributed by atoms with van der Waals surface area (Å²) in [7, 11) is 0. The van der Waals surface area contributed by atoms with Crippen molar-refractivity contribution in [1.82, 2.24) is 5.01 Å². The van der Waals surface area contributed by atoms with Gasteiger partial charge in [-0.05, 0) is 47.6 Å². The summed E-state index contributed by atoms with van der Waals surface area (Å²) in [6.45, 7) is 0. The number of hydrogen-bond donors (Lipinski definition) is 1. The van der Waals surface area contributed by atoms with Gasteiger partial charge in [-0.1, -0.05) is 51.8 Å². The maximum Gasteiger partial charge on any atom is 0.187 e. The van der Waals surface area contributed by atoms with E-state index in [0.29, 0.717) is 5.02 Å². The Morgan fingerprint density at radius 3 is 2.64 bits per heavy atom. The van der Waals surface area contributed by atoms with Crippen molar-refractivity contribution in [1.29, 1.82) is 0 Å². The van der Waals surface area contributed by atoms with E-state index in [9.17, 15) is 0 Å². The maximum atomic E-state index is 5.96. The van der Waals surface area contributed by atoms with E-state index in [2.05, 4.69) is 21.0 Å². The zero-order valence-corrected chi connectivity index (χ0v) is 14.7. The molecule has 0 amide bonds. The molecule has 0 saturated heterocycles. The van der Waals surface area contributed by atoms with E-state index in [4.69, 9.17) is 29.6 Å². The lowest BCUT2D eigenvalue weighted by atomic mass is 9.99. The Hall–Kier alpha value is -1.43. The first-order valence-corrected chi connectivity index (χ1v) is 8.30. The monoisotopic (exact) mass is 393 g/mol. The fourth-order valence-corrected chi connectivity index (χ4v) is 3.19. The van der Waals surface area contributed by atoms with Crippen LogP contribution in [-0.2, 0) is 0 Å². The highest BCUT2D eigenvalue weighted by atomic mass is 79.9. The second-order valence-corrected chi connectivity index (χ2v) is 6.78. The molecule has 2 aromatic rings. The molecule has 6 heteroatoms. The van der Waals surface area contributed by atoms with Crippen LogP contribution in [0.5, 0.6) is 0 Å². The highest BCUT2D eigenvalue weighted by molar-refractivity contribution is 9.10. The largest absolute Gasteiger partial charge is 0.375 e. The minimum atomic E-state index is 0.00347. The van der Waals surface area contributed by atoms with Gasteiger partial charge in [-0.25, -0.2) is 5.01 Å².